The lowest BCUT2D eigenvalue weighted by molar-refractivity contribution is -0.136. The van der Waals surface area contributed by atoms with Crippen molar-refractivity contribution in [3.05, 3.63) is 106 Å². The Bertz CT molecular complexity index is 1980. The molecular formula is C39H38N4O5S2. The van der Waals surface area contributed by atoms with Crippen molar-refractivity contribution in [2.24, 2.45) is 0 Å². The average Bonchev–Trinajstić information content (AvgIpc) is 3.68. The summed E-state index contributed by atoms with van der Waals surface area (Å²) in [6.07, 6.45) is 3.88. The molecule has 3 heterocycles. The lowest BCUT2D eigenvalue weighted by atomic mass is 10.0. The van der Waals surface area contributed by atoms with Gasteiger partial charge in [-0.05, 0) is 54.5 Å². The van der Waals surface area contributed by atoms with Crippen molar-refractivity contribution in [3.8, 4) is 0 Å². The fraction of sp³-hybridized carbons (Fsp3) is 0.256. The molecule has 1 saturated heterocycles. The normalized spacial score (nSPS) is 17.7. The predicted molar refractivity (Wildman–Crippen MR) is 201 cm³/mol. The number of rotatable bonds is 10. The number of hydrogen-bond donors (Lipinski definition) is 0. The van der Waals surface area contributed by atoms with Gasteiger partial charge >= 0.3 is 6.03 Å². The molecule has 4 aromatic rings. The van der Waals surface area contributed by atoms with E-state index < -0.39 is 17.8 Å². The molecular weight excluding hydrogens is 669 g/mol. The summed E-state index contributed by atoms with van der Waals surface area (Å²) in [6.45, 7) is 5.83. The van der Waals surface area contributed by atoms with Crippen molar-refractivity contribution >= 4 is 74.3 Å². The Kier molecular flexibility index (Phi) is 9.74. The number of barbiturate groups is 1. The van der Waals surface area contributed by atoms with Crippen LogP contribution in [0, 0.1) is 0 Å². The number of nitrogens with zero attached hydrogens (tertiary/aromatic N) is 4. The van der Waals surface area contributed by atoms with Gasteiger partial charge in [0.25, 0.3) is 11.8 Å². The predicted octanol–water partition coefficient (Wildman–Crippen LogP) is 7.62. The van der Waals surface area contributed by atoms with Gasteiger partial charge in [-0.1, -0.05) is 84.2 Å². The van der Waals surface area contributed by atoms with Gasteiger partial charge in [0.1, 0.15) is 5.57 Å². The zero-order chi connectivity index (χ0) is 34.9. The second-order valence-electron chi connectivity index (χ2n) is 11.9. The largest absolute Gasteiger partial charge is 0.383 e. The van der Waals surface area contributed by atoms with Gasteiger partial charge in [-0.15, -0.1) is 0 Å². The molecule has 0 atom stereocenters. The molecule has 9 nitrogen and oxygen atoms in total. The van der Waals surface area contributed by atoms with Crippen molar-refractivity contribution in [2.45, 2.75) is 23.6 Å². The highest BCUT2D eigenvalue weighted by molar-refractivity contribution is 8.04. The van der Waals surface area contributed by atoms with Gasteiger partial charge < -0.3 is 19.3 Å². The zero-order valence-corrected chi connectivity index (χ0v) is 30.1. The maximum atomic E-state index is 14.4. The number of fused-ring (bicyclic) bond motifs is 6. The molecule has 1 fully saturated rings. The summed E-state index contributed by atoms with van der Waals surface area (Å²) < 4.78 is 10.5. The van der Waals surface area contributed by atoms with Gasteiger partial charge in [0.15, 0.2) is 0 Å². The number of carbonyl (C=O) groups excluding carboxylic acids is 3. The Morgan fingerprint density at radius 3 is 1.48 bits per heavy atom. The number of methoxy groups -OCH3 is 2. The van der Waals surface area contributed by atoms with Crippen LogP contribution in [0.2, 0.25) is 0 Å². The minimum absolute atomic E-state index is 0.00931. The van der Waals surface area contributed by atoms with E-state index in [1.54, 1.807) is 23.5 Å². The average molecular weight is 707 g/mol. The number of hydrogen-bond acceptors (Lipinski definition) is 9. The molecule has 0 saturated carbocycles. The van der Waals surface area contributed by atoms with Crippen LogP contribution in [-0.2, 0) is 19.1 Å². The number of anilines is 2. The number of carbonyl (C=O) groups is 3. The van der Waals surface area contributed by atoms with Crippen LogP contribution >= 0.6 is 23.5 Å². The highest BCUT2D eigenvalue weighted by atomic mass is 32.2. The maximum Gasteiger partial charge on any atom is 0.334 e. The van der Waals surface area contributed by atoms with E-state index in [-0.39, 0.29) is 31.9 Å². The van der Waals surface area contributed by atoms with Crippen molar-refractivity contribution in [1.82, 2.24) is 9.80 Å². The van der Waals surface area contributed by atoms with Gasteiger partial charge in [-0.25, -0.2) is 4.79 Å². The molecule has 0 aliphatic carbocycles. The summed E-state index contributed by atoms with van der Waals surface area (Å²) >= 11 is 3.22. The zero-order valence-electron chi connectivity index (χ0n) is 28.5. The van der Waals surface area contributed by atoms with E-state index in [1.165, 1.54) is 14.2 Å². The summed E-state index contributed by atoms with van der Waals surface area (Å²) in [5.41, 5.74) is 2.58. The number of imide groups is 2. The summed E-state index contributed by atoms with van der Waals surface area (Å²) in [4.78, 5) is 51.2. The smallest absolute Gasteiger partial charge is 0.334 e. The van der Waals surface area contributed by atoms with Crippen LogP contribution in [0.4, 0.5) is 16.2 Å². The first-order chi connectivity index (χ1) is 24.4. The van der Waals surface area contributed by atoms with Gasteiger partial charge in [-0.2, -0.15) is 0 Å². The Balaban J connectivity index is 1.43. The molecule has 3 aliphatic rings. The number of amides is 4. The van der Waals surface area contributed by atoms with E-state index in [2.05, 4.69) is 72.2 Å². The molecule has 256 valence electrons. The number of ether oxygens (including phenoxy) is 2. The Hall–Kier alpha value is -4.55. The highest BCUT2D eigenvalue weighted by Crippen LogP contribution is 2.52. The molecule has 3 aliphatic heterocycles. The first kappa shape index (κ1) is 33.9. The van der Waals surface area contributed by atoms with Crippen molar-refractivity contribution < 1.29 is 23.9 Å². The fourth-order valence-corrected chi connectivity index (χ4v) is 9.12. The van der Waals surface area contributed by atoms with E-state index in [9.17, 15) is 14.4 Å². The van der Waals surface area contributed by atoms with Crippen LogP contribution in [0.15, 0.2) is 116 Å². The fourth-order valence-electron chi connectivity index (χ4n) is 6.73. The van der Waals surface area contributed by atoms with Gasteiger partial charge in [0.05, 0.1) is 47.7 Å². The molecule has 0 bridgehead atoms. The summed E-state index contributed by atoms with van der Waals surface area (Å²) in [7, 11) is 3.03. The molecule has 0 aromatic heterocycles. The van der Waals surface area contributed by atoms with Crippen LogP contribution in [0.5, 0.6) is 0 Å². The molecule has 50 heavy (non-hydrogen) atoms. The minimum Gasteiger partial charge on any atom is -0.383 e. The van der Waals surface area contributed by atoms with Gasteiger partial charge in [0, 0.05) is 47.9 Å². The molecule has 4 amide bonds. The van der Waals surface area contributed by atoms with E-state index in [0.29, 0.717) is 18.7 Å². The van der Waals surface area contributed by atoms with Gasteiger partial charge in [0.2, 0.25) is 0 Å². The third kappa shape index (κ3) is 5.87. The Morgan fingerprint density at radius 2 is 1.06 bits per heavy atom. The number of allylic oxidation sites excluding steroid dienone is 3. The first-order valence-corrected chi connectivity index (χ1v) is 18.3. The standard InChI is InChI=1S/C39H38N4O5S2/c1-5-40-32(49-30-17-15-25-11-7-9-13-28(25)35(30)40)23-27(34-37(44)42(19-21-47-3)39(46)43(38(34)45)20-22-48-4)24-33-41(6-2)36-29-14-10-8-12-26(29)16-18-31(36)50-33/h7-18,23-24H,5-6,19-22H2,1-4H3/b32-23-,33-24-. The Labute approximate surface area is 300 Å². The molecule has 0 unspecified atom stereocenters. The molecule has 7 rings (SSSR count). The third-order valence-electron chi connectivity index (χ3n) is 9.13. The SMILES string of the molecule is CCN1/C(=C/C(/C=C2\Sc3ccc4ccccc4c3N2CC)=C2C(=O)N(CCOC)C(=O)N(CCOC)C2=O)Sc2ccc3ccccc3c21. The summed E-state index contributed by atoms with van der Waals surface area (Å²) in [6, 6.07) is 24.4. The molecule has 0 spiro atoms. The van der Waals surface area contributed by atoms with Crippen molar-refractivity contribution in [2.75, 3.05) is 63.4 Å². The molecule has 0 N–H and O–H groups in total. The van der Waals surface area contributed by atoms with Crippen LogP contribution in [0.25, 0.3) is 21.5 Å². The lowest BCUT2D eigenvalue weighted by Crippen LogP contribution is -2.58. The minimum atomic E-state index is -0.675. The van der Waals surface area contributed by atoms with Crippen LogP contribution < -0.4 is 9.80 Å². The lowest BCUT2D eigenvalue weighted by Gasteiger charge is -2.34. The number of thioether (sulfide) groups is 2. The number of benzene rings is 4. The van der Waals surface area contributed by atoms with Crippen LogP contribution in [0.1, 0.15) is 13.8 Å². The first-order valence-electron chi connectivity index (χ1n) is 16.7. The van der Waals surface area contributed by atoms with E-state index >= 15 is 0 Å². The Morgan fingerprint density at radius 1 is 0.620 bits per heavy atom. The second kappa shape index (κ2) is 14.4. The van der Waals surface area contributed by atoms with E-state index in [0.717, 1.165) is 62.6 Å². The summed E-state index contributed by atoms with van der Waals surface area (Å²) in [5.74, 6) is -1.28. The molecule has 0 radical (unpaired) electrons. The van der Waals surface area contributed by atoms with E-state index in [1.807, 2.05) is 36.4 Å². The topological polar surface area (TPSA) is 82.6 Å². The maximum absolute atomic E-state index is 14.4. The monoisotopic (exact) mass is 706 g/mol. The molecule has 4 aromatic carbocycles. The van der Waals surface area contributed by atoms with E-state index in [4.69, 9.17) is 9.47 Å². The van der Waals surface area contributed by atoms with Crippen LogP contribution in [0.3, 0.4) is 0 Å². The molecule has 11 heteroatoms. The number of urea groups is 1. The third-order valence-corrected chi connectivity index (χ3v) is 11.3. The van der Waals surface area contributed by atoms with Gasteiger partial charge in [-0.3, -0.25) is 19.4 Å². The van der Waals surface area contributed by atoms with Crippen molar-refractivity contribution in [3.63, 3.8) is 0 Å². The quantitative estimate of drug-likeness (QED) is 0.122. The van der Waals surface area contributed by atoms with Crippen LogP contribution in [-0.4, -0.2) is 81.3 Å². The summed E-state index contributed by atoms with van der Waals surface area (Å²) in [5, 5.41) is 6.31. The van der Waals surface area contributed by atoms with Crippen molar-refractivity contribution in [1.29, 1.82) is 0 Å². The second-order valence-corrected chi connectivity index (χ2v) is 14.1. The highest BCUT2D eigenvalue weighted by Gasteiger charge is 2.43.